The van der Waals surface area contributed by atoms with Crippen LogP contribution in [0.4, 0.5) is 0 Å². The number of sulfone groups is 1. The highest BCUT2D eigenvalue weighted by molar-refractivity contribution is 7.91. The molecule has 0 bridgehead atoms. The second-order valence-electron chi connectivity index (χ2n) is 5.00. The molecule has 2 N–H and O–H groups in total. The van der Waals surface area contributed by atoms with E-state index >= 15 is 0 Å². The number of halogens is 1. The summed E-state index contributed by atoms with van der Waals surface area (Å²) in [4.78, 5) is 2.05. The van der Waals surface area contributed by atoms with E-state index in [9.17, 15) is 8.42 Å². The molecule has 2 atom stereocenters. The van der Waals surface area contributed by atoms with Crippen molar-refractivity contribution in [3.63, 3.8) is 0 Å². The number of hydrogen-bond donors (Lipinski definition) is 1. The minimum Gasteiger partial charge on any atom is -0.329 e. The van der Waals surface area contributed by atoms with Gasteiger partial charge in [-0.25, -0.2) is 8.42 Å². The molecule has 2 unspecified atom stereocenters. The van der Waals surface area contributed by atoms with Crippen molar-refractivity contribution < 1.29 is 8.42 Å². The van der Waals surface area contributed by atoms with E-state index in [1.165, 1.54) is 0 Å². The van der Waals surface area contributed by atoms with Gasteiger partial charge in [-0.2, -0.15) is 0 Å². The fourth-order valence-corrected chi connectivity index (χ4v) is 4.66. The highest BCUT2D eigenvalue weighted by Crippen LogP contribution is 2.29. The first-order chi connectivity index (χ1) is 8.94. The molecule has 0 radical (unpaired) electrons. The Morgan fingerprint density at radius 2 is 2.16 bits per heavy atom. The van der Waals surface area contributed by atoms with E-state index < -0.39 is 9.84 Å². The zero-order valence-corrected chi connectivity index (χ0v) is 12.5. The minimum atomic E-state index is -2.89. The van der Waals surface area contributed by atoms with Crippen LogP contribution in [0.3, 0.4) is 0 Å². The first-order valence-corrected chi connectivity index (χ1v) is 8.51. The Balaban J connectivity index is 2.21. The fraction of sp³-hybridized carbons (Fsp3) is 0.538. The second kappa shape index (κ2) is 5.79. The lowest BCUT2D eigenvalue weighted by Gasteiger charge is -2.32. The van der Waals surface area contributed by atoms with Gasteiger partial charge in [0.15, 0.2) is 9.84 Å². The summed E-state index contributed by atoms with van der Waals surface area (Å²) in [5.74, 6) is 0.478. The number of rotatable bonds is 4. The molecule has 19 heavy (non-hydrogen) atoms. The molecule has 1 aliphatic rings. The van der Waals surface area contributed by atoms with Gasteiger partial charge in [-0.1, -0.05) is 29.8 Å². The van der Waals surface area contributed by atoms with E-state index in [0.717, 1.165) is 5.56 Å². The fourth-order valence-electron chi connectivity index (χ4n) is 2.61. The lowest BCUT2D eigenvalue weighted by Crippen LogP contribution is -2.39. The average Bonchev–Trinajstić information content (AvgIpc) is 2.73. The molecule has 1 fully saturated rings. The van der Waals surface area contributed by atoms with Crippen molar-refractivity contribution >= 4 is 21.4 Å². The Kier molecular flexibility index (Phi) is 4.50. The number of benzene rings is 1. The summed E-state index contributed by atoms with van der Waals surface area (Å²) in [5, 5.41) is 0.672. The van der Waals surface area contributed by atoms with E-state index in [1.54, 1.807) is 0 Å². The topological polar surface area (TPSA) is 63.4 Å². The molecular formula is C13H19ClN2O2S. The van der Waals surface area contributed by atoms with Crippen LogP contribution in [0.15, 0.2) is 24.3 Å². The minimum absolute atomic E-state index is 0.0230. The Hall–Kier alpha value is -0.620. The summed E-state index contributed by atoms with van der Waals surface area (Å²) in [6.07, 6.45) is 0.666. The van der Waals surface area contributed by atoms with Crippen LogP contribution in [-0.4, -0.2) is 44.5 Å². The average molecular weight is 303 g/mol. The largest absolute Gasteiger partial charge is 0.329 e. The van der Waals surface area contributed by atoms with Gasteiger partial charge >= 0.3 is 0 Å². The molecule has 6 heteroatoms. The summed E-state index contributed by atoms with van der Waals surface area (Å²) in [6.45, 7) is 0.413. The van der Waals surface area contributed by atoms with Crippen LogP contribution in [0.1, 0.15) is 18.0 Å². The van der Waals surface area contributed by atoms with Crippen molar-refractivity contribution in [2.45, 2.75) is 18.5 Å². The highest BCUT2D eigenvalue weighted by atomic mass is 35.5. The molecule has 0 amide bonds. The summed E-state index contributed by atoms with van der Waals surface area (Å²) in [5.41, 5.74) is 6.82. The first-order valence-electron chi connectivity index (χ1n) is 6.31. The Morgan fingerprint density at radius 1 is 1.47 bits per heavy atom. The van der Waals surface area contributed by atoms with Crippen molar-refractivity contribution in [2.75, 3.05) is 25.1 Å². The van der Waals surface area contributed by atoms with E-state index in [-0.39, 0.29) is 23.6 Å². The van der Waals surface area contributed by atoms with Gasteiger partial charge in [0.1, 0.15) is 0 Å². The predicted molar refractivity (Wildman–Crippen MR) is 78.1 cm³/mol. The van der Waals surface area contributed by atoms with Crippen molar-refractivity contribution in [2.24, 2.45) is 5.73 Å². The lowest BCUT2D eigenvalue weighted by molar-refractivity contribution is 0.192. The van der Waals surface area contributed by atoms with Crippen molar-refractivity contribution in [1.82, 2.24) is 4.90 Å². The van der Waals surface area contributed by atoms with Gasteiger partial charge in [-0.15, -0.1) is 0 Å². The smallest absolute Gasteiger partial charge is 0.151 e. The van der Waals surface area contributed by atoms with Gasteiger partial charge < -0.3 is 5.73 Å². The molecule has 0 spiro atoms. The Morgan fingerprint density at radius 3 is 2.68 bits per heavy atom. The molecule has 0 aromatic heterocycles. The van der Waals surface area contributed by atoms with Crippen LogP contribution in [0, 0.1) is 0 Å². The van der Waals surface area contributed by atoms with Crippen molar-refractivity contribution in [3.05, 3.63) is 34.9 Å². The quantitative estimate of drug-likeness (QED) is 0.914. The maximum Gasteiger partial charge on any atom is 0.151 e. The van der Waals surface area contributed by atoms with Crippen LogP contribution in [-0.2, 0) is 9.84 Å². The third-order valence-electron chi connectivity index (χ3n) is 3.76. The molecule has 0 aliphatic carbocycles. The molecule has 1 aliphatic heterocycles. The molecule has 1 aromatic carbocycles. The lowest BCUT2D eigenvalue weighted by atomic mass is 10.0. The Bertz CT molecular complexity index is 547. The van der Waals surface area contributed by atoms with Gasteiger partial charge in [0, 0.05) is 23.7 Å². The predicted octanol–water partition coefficient (Wildman–Crippen LogP) is 1.46. The maximum atomic E-state index is 11.6. The van der Waals surface area contributed by atoms with Gasteiger partial charge in [0.05, 0.1) is 11.5 Å². The standard InChI is InChI=1S/C13H19ClN2O2S/c1-16(10-6-7-19(17,18)9-10)13(8-15)11-4-2-3-5-12(11)14/h2-5,10,13H,6-9,15H2,1H3. The van der Waals surface area contributed by atoms with Crippen LogP contribution in [0.25, 0.3) is 0 Å². The maximum absolute atomic E-state index is 11.6. The second-order valence-corrected chi connectivity index (χ2v) is 7.63. The molecule has 1 aromatic rings. The number of nitrogens with zero attached hydrogens (tertiary/aromatic N) is 1. The van der Waals surface area contributed by atoms with E-state index in [2.05, 4.69) is 0 Å². The van der Waals surface area contributed by atoms with E-state index in [4.69, 9.17) is 17.3 Å². The van der Waals surface area contributed by atoms with Gasteiger partial charge in [-0.3, -0.25) is 4.90 Å². The van der Waals surface area contributed by atoms with Crippen LogP contribution in [0.2, 0.25) is 5.02 Å². The summed E-state index contributed by atoms with van der Waals surface area (Å²) in [6, 6.07) is 7.54. The van der Waals surface area contributed by atoms with E-state index in [0.29, 0.717) is 18.0 Å². The highest BCUT2D eigenvalue weighted by Gasteiger charge is 2.34. The van der Waals surface area contributed by atoms with Gasteiger partial charge in [0.25, 0.3) is 0 Å². The molecule has 106 valence electrons. The van der Waals surface area contributed by atoms with Crippen molar-refractivity contribution in [3.8, 4) is 0 Å². The number of hydrogen-bond acceptors (Lipinski definition) is 4. The summed E-state index contributed by atoms with van der Waals surface area (Å²) < 4.78 is 23.2. The molecule has 2 rings (SSSR count). The monoisotopic (exact) mass is 302 g/mol. The zero-order chi connectivity index (χ0) is 14.0. The molecule has 0 saturated carbocycles. The van der Waals surface area contributed by atoms with Crippen LogP contribution >= 0.6 is 11.6 Å². The third kappa shape index (κ3) is 3.28. The SMILES string of the molecule is CN(C1CCS(=O)(=O)C1)C(CN)c1ccccc1Cl. The molecule has 1 saturated heterocycles. The van der Waals surface area contributed by atoms with Gasteiger partial charge in [-0.05, 0) is 25.1 Å². The summed E-state index contributed by atoms with van der Waals surface area (Å²) >= 11 is 6.20. The number of nitrogens with two attached hydrogens (primary N) is 1. The van der Waals surface area contributed by atoms with E-state index in [1.807, 2.05) is 36.2 Å². The normalized spacial score (nSPS) is 23.7. The molecule has 1 heterocycles. The third-order valence-corrected chi connectivity index (χ3v) is 5.86. The van der Waals surface area contributed by atoms with Gasteiger partial charge in [0.2, 0.25) is 0 Å². The molecular weight excluding hydrogens is 284 g/mol. The Labute approximate surface area is 119 Å². The molecule has 4 nitrogen and oxygen atoms in total. The first kappa shape index (κ1) is 14.8. The number of likely N-dealkylation sites (N-methyl/N-ethyl adjacent to an activating group) is 1. The van der Waals surface area contributed by atoms with Crippen LogP contribution < -0.4 is 5.73 Å². The van der Waals surface area contributed by atoms with Crippen LogP contribution in [0.5, 0.6) is 0 Å². The van der Waals surface area contributed by atoms with Crippen molar-refractivity contribution in [1.29, 1.82) is 0 Å². The summed E-state index contributed by atoms with van der Waals surface area (Å²) in [7, 11) is -0.967. The zero-order valence-electron chi connectivity index (χ0n) is 10.9.